The molecular weight excluding hydrogens is 208 g/mol. The Kier molecular flexibility index (Phi) is 11.1. The predicted octanol–water partition coefficient (Wildman–Crippen LogP) is 1.24. The molecule has 5 heteroatoms. The molecule has 0 aliphatic rings. The molecule has 0 aliphatic heterocycles. The highest BCUT2D eigenvalue weighted by molar-refractivity contribution is 7.80. The van der Waals surface area contributed by atoms with Crippen molar-refractivity contribution in [3.8, 4) is 0 Å². The van der Waals surface area contributed by atoms with Crippen LogP contribution in [-0.4, -0.2) is 44.2 Å². The number of thiol groups is 2. The Morgan fingerprint density at radius 2 is 1.85 bits per heavy atom. The van der Waals surface area contributed by atoms with Gasteiger partial charge in [-0.05, 0) is 6.92 Å². The Labute approximate surface area is 90.9 Å². The minimum absolute atomic E-state index is 0.130. The van der Waals surface area contributed by atoms with Crippen molar-refractivity contribution in [2.24, 2.45) is 0 Å². The molecule has 3 nitrogen and oxygen atoms in total. The molecule has 0 rings (SSSR count). The summed E-state index contributed by atoms with van der Waals surface area (Å²) in [6.07, 6.45) is 0. The maximum absolute atomic E-state index is 5.24. The van der Waals surface area contributed by atoms with Gasteiger partial charge in [-0.1, -0.05) is 0 Å². The SMILES string of the molecule is CCOC(S)COCCOCCS. The zero-order valence-corrected chi connectivity index (χ0v) is 9.73. The van der Waals surface area contributed by atoms with E-state index in [1.165, 1.54) is 0 Å². The fourth-order valence-corrected chi connectivity index (χ4v) is 1.09. The molecule has 1 unspecified atom stereocenters. The highest BCUT2D eigenvalue weighted by Gasteiger charge is 2.00. The topological polar surface area (TPSA) is 27.7 Å². The van der Waals surface area contributed by atoms with Gasteiger partial charge in [0.25, 0.3) is 0 Å². The highest BCUT2D eigenvalue weighted by atomic mass is 32.1. The molecule has 0 heterocycles. The van der Waals surface area contributed by atoms with E-state index in [1.54, 1.807) is 0 Å². The first-order valence-corrected chi connectivity index (χ1v) is 5.52. The molecule has 13 heavy (non-hydrogen) atoms. The van der Waals surface area contributed by atoms with Gasteiger partial charge in [0.1, 0.15) is 5.44 Å². The summed E-state index contributed by atoms with van der Waals surface area (Å²) in [5, 5.41) is 0. The van der Waals surface area contributed by atoms with Crippen LogP contribution in [-0.2, 0) is 14.2 Å². The summed E-state index contributed by atoms with van der Waals surface area (Å²) in [4.78, 5) is 0. The lowest BCUT2D eigenvalue weighted by molar-refractivity contribution is 0.00871. The van der Waals surface area contributed by atoms with Gasteiger partial charge in [-0.25, -0.2) is 0 Å². The summed E-state index contributed by atoms with van der Waals surface area (Å²) < 4.78 is 15.6. The Morgan fingerprint density at radius 3 is 2.46 bits per heavy atom. The van der Waals surface area contributed by atoms with Crippen LogP contribution in [0.5, 0.6) is 0 Å². The zero-order chi connectivity index (χ0) is 9.94. The van der Waals surface area contributed by atoms with E-state index in [9.17, 15) is 0 Å². The molecule has 80 valence electrons. The van der Waals surface area contributed by atoms with Crippen LogP contribution in [0, 0.1) is 0 Å². The smallest absolute Gasteiger partial charge is 0.123 e. The maximum Gasteiger partial charge on any atom is 0.123 e. The van der Waals surface area contributed by atoms with E-state index in [4.69, 9.17) is 14.2 Å². The molecule has 0 aromatic heterocycles. The van der Waals surface area contributed by atoms with Crippen molar-refractivity contribution in [1.82, 2.24) is 0 Å². The van der Waals surface area contributed by atoms with Crippen molar-refractivity contribution < 1.29 is 14.2 Å². The van der Waals surface area contributed by atoms with Gasteiger partial charge in [-0.3, -0.25) is 0 Å². The fourth-order valence-electron chi connectivity index (χ4n) is 0.709. The zero-order valence-electron chi connectivity index (χ0n) is 7.94. The summed E-state index contributed by atoms with van der Waals surface area (Å²) in [6.45, 7) is 4.95. The first-order valence-electron chi connectivity index (χ1n) is 4.37. The lowest BCUT2D eigenvalue weighted by atomic mass is 10.7. The second kappa shape index (κ2) is 10.7. The van der Waals surface area contributed by atoms with Crippen LogP contribution in [0.15, 0.2) is 0 Å². The van der Waals surface area contributed by atoms with Crippen molar-refractivity contribution in [2.45, 2.75) is 12.4 Å². The van der Waals surface area contributed by atoms with Gasteiger partial charge >= 0.3 is 0 Å². The van der Waals surface area contributed by atoms with Crippen molar-refractivity contribution in [1.29, 1.82) is 0 Å². The Balaban J connectivity index is 2.97. The molecule has 0 amide bonds. The molecule has 0 spiro atoms. The molecule has 0 saturated heterocycles. The molecule has 0 N–H and O–H groups in total. The van der Waals surface area contributed by atoms with Crippen molar-refractivity contribution in [3.63, 3.8) is 0 Å². The Bertz CT molecular complexity index is 103. The minimum atomic E-state index is -0.130. The molecular formula is C8H18O3S2. The summed E-state index contributed by atoms with van der Waals surface area (Å²) in [7, 11) is 0. The standard InChI is InChI=1S/C8H18O3S2/c1-2-11-8(13)7-10-4-3-9-5-6-12/h8,12-13H,2-7H2,1H3. The van der Waals surface area contributed by atoms with E-state index >= 15 is 0 Å². The van der Waals surface area contributed by atoms with Gasteiger partial charge < -0.3 is 14.2 Å². The van der Waals surface area contributed by atoms with Gasteiger partial charge in [-0.15, -0.1) is 12.6 Å². The van der Waals surface area contributed by atoms with Crippen LogP contribution >= 0.6 is 25.3 Å². The van der Waals surface area contributed by atoms with Gasteiger partial charge in [0.2, 0.25) is 0 Å². The van der Waals surface area contributed by atoms with Crippen molar-refractivity contribution >= 4 is 25.3 Å². The second-order valence-corrected chi connectivity index (χ2v) is 3.34. The monoisotopic (exact) mass is 226 g/mol. The molecule has 0 fully saturated rings. The fraction of sp³-hybridized carbons (Fsp3) is 1.00. The molecule has 0 aromatic rings. The van der Waals surface area contributed by atoms with Gasteiger partial charge in [-0.2, -0.15) is 12.6 Å². The Morgan fingerprint density at radius 1 is 1.15 bits per heavy atom. The van der Waals surface area contributed by atoms with Gasteiger partial charge in [0.15, 0.2) is 0 Å². The van der Waals surface area contributed by atoms with Gasteiger partial charge in [0.05, 0.1) is 26.4 Å². The van der Waals surface area contributed by atoms with Crippen LogP contribution in [0.3, 0.4) is 0 Å². The molecule has 0 aliphatic carbocycles. The van der Waals surface area contributed by atoms with Crippen molar-refractivity contribution in [2.75, 3.05) is 38.8 Å². The number of hydrogen-bond donors (Lipinski definition) is 2. The van der Waals surface area contributed by atoms with E-state index < -0.39 is 0 Å². The summed E-state index contributed by atoms with van der Waals surface area (Å²) in [5.74, 6) is 0.744. The highest BCUT2D eigenvalue weighted by Crippen LogP contribution is 1.97. The first-order chi connectivity index (χ1) is 6.31. The van der Waals surface area contributed by atoms with Gasteiger partial charge in [0, 0.05) is 12.4 Å². The maximum atomic E-state index is 5.24. The van der Waals surface area contributed by atoms with E-state index in [0.717, 1.165) is 5.75 Å². The number of ether oxygens (including phenoxy) is 3. The average Bonchev–Trinajstić information content (AvgIpc) is 2.11. The normalized spacial score (nSPS) is 13.2. The Hall–Kier alpha value is 0.580. The lowest BCUT2D eigenvalue weighted by Gasteiger charge is -2.10. The third-order valence-corrected chi connectivity index (χ3v) is 1.71. The minimum Gasteiger partial charge on any atom is -0.378 e. The predicted molar refractivity (Wildman–Crippen MR) is 59.9 cm³/mol. The second-order valence-electron chi connectivity index (χ2n) is 2.32. The van der Waals surface area contributed by atoms with Crippen molar-refractivity contribution in [3.05, 3.63) is 0 Å². The van der Waals surface area contributed by atoms with Crippen LogP contribution in [0.4, 0.5) is 0 Å². The summed E-state index contributed by atoms with van der Waals surface area (Å²) >= 11 is 8.16. The largest absolute Gasteiger partial charge is 0.378 e. The average molecular weight is 226 g/mol. The third kappa shape index (κ3) is 10.5. The van der Waals surface area contributed by atoms with Crippen LogP contribution in [0.2, 0.25) is 0 Å². The molecule has 0 aromatic carbocycles. The quantitative estimate of drug-likeness (QED) is 0.352. The van der Waals surface area contributed by atoms with Crippen LogP contribution < -0.4 is 0 Å². The first kappa shape index (κ1) is 13.6. The summed E-state index contributed by atoms with van der Waals surface area (Å²) in [5.41, 5.74) is -0.130. The van der Waals surface area contributed by atoms with E-state index in [-0.39, 0.29) is 5.44 Å². The lowest BCUT2D eigenvalue weighted by Crippen LogP contribution is -2.16. The van der Waals surface area contributed by atoms with E-state index in [0.29, 0.717) is 33.0 Å². The molecule has 0 saturated carbocycles. The molecule has 0 radical (unpaired) electrons. The van der Waals surface area contributed by atoms with Crippen LogP contribution in [0.25, 0.3) is 0 Å². The van der Waals surface area contributed by atoms with Crippen LogP contribution in [0.1, 0.15) is 6.92 Å². The number of rotatable bonds is 9. The third-order valence-electron chi connectivity index (χ3n) is 1.23. The van der Waals surface area contributed by atoms with E-state index in [2.05, 4.69) is 25.3 Å². The number of hydrogen-bond acceptors (Lipinski definition) is 5. The summed E-state index contributed by atoms with van der Waals surface area (Å²) in [6, 6.07) is 0. The molecule has 0 bridgehead atoms. The molecule has 1 atom stereocenters. The van der Waals surface area contributed by atoms with E-state index in [1.807, 2.05) is 6.92 Å².